The van der Waals surface area contributed by atoms with Gasteiger partial charge in [-0.15, -0.1) is 0 Å². The van der Waals surface area contributed by atoms with E-state index < -0.39 is 10.0 Å². The monoisotopic (exact) mass is 458 g/mol. The van der Waals surface area contributed by atoms with E-state index in [0.717, 1.165) is 10.0 Å². The molecule has 2 N–H and O–H groups in total. The van der Waals surface area contributed by atoms with Gasteiger partial charge in [0, 0.05) is 28.6 Å². The number of anilines is 2. The van der Waals surface area contributed by atoms with Gasteiger partial charge in [0.2, 0.25) is 11.9 Å². The maximum absolute atomic E-state index is 12.3. The average molecular weight is 459 g/mol. The molecule has 0 unspecified atom stereocenters. The number of hydrogen-bond acceptors (Lipinski definition) is 5. The fourth-order valence-electron chi connectivity index (χ4n) is 2.18. The summed E-state index contributed by atoms with van der Waals surface area (Å²) in [5, 5.41) is 2.68. The molecule has 1 heterocycles. The number of carbonyl (C=O) groups is 1. The maximum Gasteiger partial charge on any atom is 0.264 e. The fourth-order valence-corrected chi connectivity index (χ4v) is 3.40. The lowest BCUT2D eigenvalue weighted by Crippen LogP contribution is -2.15. The van der Waals surface area contributed by atoms with Gasteiger partial charge in [0.25, 0.3) is 10.0 Å². The minimum Gasteiger partial charge on any atom is -0.323 e. The van der Waals surface area contributed by atoms with Gasteiger partial charge in [0.15, 0.2) is 0 Å². The van der Waals surface area contributed by atoms with E-state index in [1.807, 2.05) is 24.3 Å². The van der Waals surface area contributed by atoms with E-state index in [9.17, 15) is 13.2 Å². The van der Waals surface area contributed by atoms with Crippen molar-refractivity contribution >= 4 is 49.6 Å². The summed E-state index contributed by atoms with van der Waals surface area (Å²) >= 11 is 3.35. The SMILES string of the molecule is O=C(/C=C/c1ccc(Br)cc1)Nc1ccc(S(=O)(=O)Nc2ncccn2)cc1. The van der Waals surface area contributed by atoms with Crippen molar-refractivity contribution in [1.29, 1.82) is 0 Å². The van der Waals surface area contributed by atoms with Crippen LogP contribution < -0.4 is 10.0 Å². The normalized spacial score (nSPS) is 11.3. The van der Waals surface area contributed by atoms with Crippen molar-refractivity contribution < 1.29 is 13.2 Å². The van der Waals surface area contributed by atoms with Gasteiger partial charge < -0.3 is 5.32 Å². The molecule has 1 aromatic heterocycles. The van der Waals surface area contributed by atoms with E-state index in [2.05, 4.69) is 35.9 Å². The highest BCUT2D eigenvalue weighted by molar-refractivity contribution is 9.10. The van der Waals surface area contributed by atoms with Crippen molar-refractivity contribution in [2.24, 2.45) is 0 Å². The molecule has 2 aromatic carbocycles. The topological polar surface area (TPSA) is 101 Å². The number of rotatable bonds is 6. The number of hydrogen-bond donors (Lipinski definition) is 2. The second kappa shape index (κ2) is 8.77. The molecule has 0 fully saturated rings. The lowest BCUT2D eigenvalue weighted by atomic mass is 10.2. The van der Waals surface area contributed by atoms with Crippen LogP contribution in [0.3, 0.4) is 0 Å². The molecule has 3 rings (SSSR count). The van der Waals surface area contributed by atoms with Gasteiger partial charge in [-0.25, -0.2) is 23.1 Å². The molecule has 1 amide bonds. The first-order valence-electron chi connectivity index (χ1n) is 8.07. The fraction of sp³-hybridized carbons (Fsp3) is 0. The van der Waals surface area contributed by atoms with Crippen molar-refractivity contribution in [3.63, 3.8) is 0 Å². The molecule has 0 spiro atoms. The molecule has 3 aromatic rings. The third-order valence-electron chi connectivity index (χ3n) is 3.52. The van der Waals surface area contributed by atoms with E-state index in [1.165, 1.54) is 42.7 Å². The van der Waals surface area contributed by atoms with Crippen LogP contribution in [0.25, 0.3) is 6.08 Å². The quantitative estimate of drug-likeness (QED) is 0.548. The Morgan fingerprint density at radius 3 is 2.25 bits per heavy atom. The van der Waals surface area contributed by atoms with Gasteiger partial charge in [-0.05, 0) is 54.1 Å². The van der Waals surface area contributed by atoms with Crippen LogP contribution in [0.1, 0.15) is 5.56 Å². The van der Waals surface area contributed by atoms with Gasteiger partial charge >= 0.3 is 0 Å². The predicted molar refractivity (Wildman–Crippen MR) is 111 cm³/mol. The highest BCUT2D eigenvalue weighted by Crippen LogP contribution is 2.17. The Balaban J connectivity index is 1.63. The molecule has 0 radical (unpaired) electrons. The largest absolute Gasteiger partial charge is 0.323 e. The molecule has 7 nitrogen and oxygen atoms in total. The summed E-state index contributed by atoms with van der Waals surface area (Å²) in [5.41, 5.74) is 1.36. The number of carbonyl (C=O) groups excluding carboxylic acids is 1. The van der Waals surface area contributed by atoms with Gasteiger partial charge in [0.1, 0.15) is 0 Å². The molecule has 0 aliphatic rings. The van der Waals surface area contributed by atoms with Crippen molar-refractivity contribution in [3.05, 3.63) is 83.1 Å². The van der Waals surface area contributed by atoms with Crippen LogP contribution in [0.5, 0.6) is 0 Å². The molecular weight excluding hydrogens is 444 g/mol. The van der Waals surface area contributed by atoms with E-state index in [0.29, 0.717) is 5.69 Å². The molecule has 9 heteroatoms. The number of aromatic nitrogens is 2. The van der Waals surface area contributed by atoms with E-state index in [1.54, 1.807) is 12.1 Å². The maximum atomic E-state index is 12.3. The van der Waals surface area contributed by atoms with Crippen LogP contribution >= 0.6 is 15.9 Å². The number of nitrogens with zero attached hydrogens (tertiary/aromatic N) is 2. The second-order valence-electron chi connectivity index (χ2n) is 5.58. The molecular formula is C19H15BrN4O3S. The summed E-state index contributed by atoms with van der Waals surface area (Å²) in [6.07, 6.45) is 5.96. The Morgan fingerprint density at radius 1 is 0.964 bits per heavy atom. The number of benzene rings is 2. The van der Waals surface area contributed by atoms with E-state index >= 15 is 0 Å². The second-order valence-corrected chi connectivity index (χ2v) is 8.17. The summed E-state index contributed by atoms with van der Waals surface area (Å²) in [4.78, 5) is 19.7. The van der Waals surface area contributed by atoms with E-state index in [4.69, 9.17) is 0 Å². The lowest BCUT2D eigenvalue weighted by molar-refractivity contribution is -0.111. The first-order chi connectivity index (χ1) is 13.4. The van der Waals surface area contributed by atoms with Crippen LogP contribution in [-0.2, 0) is 14.8 Å². The van der Waals surface area contributed by atoms with Gasteiger partial charge in [-0.1, -0.05) is 28.1 Å². The Morgan fingerprint density at radius 2 is 1.61 bits per heavy atom. The highest BCUT2D eigenvalue weighted by Gasteiger charge is 2.15. The first-order valence-corrected chi connectivity index (χ1v) is 10.3. The number of amides is 1. The third-order valence-corrected chi connectivity index (χ3v) is 5.39. The number of nitrogens with one attached hydrogen (secondary N) is 2. The summed E-state index contributed by atoms with van der Waals surface area (Å²) in [5.74, 6) is -0.340. The summed E-state index contributed by atoms with van der Waals surface area (Å²) in [6, 6.07) is 14.9. The molecule has 0 aliphatic heterocycles. The lowest BCUT2D eigenvalue weighted by Gasteiger charge is -2.07. The zero-order chi connectivity index (χ0) is 20.0. The minimum absolute atomic E-state index is 0.0158. The van der Waals surface area contributed by atoms with Crippen LogP contribution in [0.15, 0.2) is 82.4 Å². The van der Waals surface area contributed by atoms with Crippen LogP contribution in [0.4, 0.5) is 11.6 Å². The van der Waals surface area contributed by atoms with Gasteiger partial charge in [0.05, 0.1) is 4.90 Å². The summed E-state index contributed by atoms with van der Waals surface area (Å²) in [6.45, 7) is 0. The Labute approximate surface area is 170 Å². The highest BCUT2D eigenvalue weighted by atomic mass is 79.9. The van der Waals surface area contributed by atoms with Crippen LogP contribution in [0, 0.1) is 0 Å². The van der Waals surface area contributed by atoms with Gasteiger partial charge in [-0.3, -0.25) is 4.79 Å². The first kappa shape index (κ1) is 19.7. The molecule has 0 atom stereocenters. The van der Waals surface area contributed by atoms with E-state index in [-0.39, 0.29) is 16.8 Å². The Hall–Kier alpha value is -3.04. The van der Waals surface area contributed by atoms with Crippen molar-refractivity contribution in [1.82, 2.24) is 9.97 Å². The van der Waals surface area contributed by atoms with Crippen molar-refractivity contribution in [3.8, 4) is 0 Å². The van der Waals surface area contributed by atoms with Crippen molar-refractivity contribution in [2.45, 2.75) is 4.90 Å². The smallest absolute Gasteiger partial charge is 0.264 e. The predicted octanol–water partition coefficient (Wildman–Crippen LogP) is 3.69. The zero-order valence-electron chi connectivity index (χ0n) is 14.4. The third kappa shape index (κ3) is 5.48. The molecule has 0 saturated heterocycles. The molecule has 28 heavy (non-hydrogen) atoms. The minimum atomic E-state index is -3.81. The zero-order valence-corrected chi connectivity index (χ0v) is 16.8. The number of sulfonamides is 1. The Bertz CT molecular complexity index is 1080. The molecule has 0 aliphatic carbocycles. The van der Waals surface area contributed by atoms with Crippen molar-refractivity contribution in [2.75, 3.05) is 10.0 Å². The summed E-state index contributed by atoms with van der Waals surface area (Å²) in [7, 11) is -3.81. The van der Waals surface area contributed by atoms with Crippen LogP contribution in [-0.4, -0.2) is 24.3 Å². The molecule has 0 saturated carbocycles. The molecule has 142 valence electrons. The Kier molecular flexibility index (Phi) is 6.17. The molecule has 0 bridgehead atoms. The average Bonchev–Trinajstić information content (AvgIpc) is 2.68. The van der Waals surface area contributed by atoms with Crippen LogP contribution in [0.2, 0.25) is 0 Å². The number of halogens is 1. The van der Waals surface area contributed by atoms with Gasteiger partial charge in [-0.2, -0.15) is 0 Å². The standard InChI is InChI=1S/C19H15BrN4O3S/c20-15-5-2-14(3-6-15)4-11-18(25)23-16-7-9-17(10-8-16)28(26,27)24-19-21-12-1-13-22-19/h1-13H,(H,23,25)(H,21,22,24)/b11-4+. The summed E-state index contributed by atoms with van der Waals surface area (Å²) < 4.78 is 27.9.